The number of hydrogen-bond donors (Lipinski definition) is 1. The molecule has 0 saturated carbocycles. The maximum Gasteiger partial charge on any atom is 0.337 e. The number of furan rings is 1. The Balaban J connectivity index is 1.57. The standard InChI is InChI=1S/C29H26N2O6/c1-17-10-11-20(14-23(17)31(34)35)27-26(29(33)37-16-19-7-4-3-5-8-19)18(2)30-22-13-21(15-24(32)28(22)27)25-9-6-12-36-25/h3-12,14,21,27,30H,13,15-16H2,1-2H3/t21-,27+/m0/s1. The summed E-state index contributed by atoms with van der Waals surface area (Å²) in [4.78, 5) is 38.4. The fourth-order valence-corrected chi connectivity index (χ4v) is 5.17. The molecule has 0 saturated heterocycles. The Morgan fingerprint density at radius 3 is 2.59 bits per heavy atom. The van der Waals surface area contributed by atoms with Crippen molar-refractivity contribution in [2.75, 3.05) is 0 Å². The van der Waals surface area contributed by atoms with Crippen molar-refractivity contribution in [3.05, 3.63) is 122 Å². The van der Waals surface area contributed by atoms with Crippen LogP contribution in [0.2, 0.25) is 0 Å². The number of ketones is 1. The SMILES string of the molecule is CC1=C(C(=O)OCc2ccccc2)[C@@H](c2ccc(C)c([N+](=O)[O-])c2)C2=C(C[C@H](c3ccco3)CC2=O)N1. The summed E-state index contributed by atoms with van der Waals surface area (Å²) in [6.07, 6.45) is 2.31. The zero-order chi connectivity index (χ0) is 26.1. The molecule has 5 rings (SSSR count). The van der Waals surface area contributed by atoms with E-state index in [4.69, 9.17) is 9.15 Å². The van der Waals surface area contributed by atoms with E-state index >= 15 is 0 Å². The number of hydrogen-bond acceptors (Lipinski definition) is 7. The van der Waals surface area contributed by atoms with E-state index in [0.29, 0.717) is 34.5 Å². The molecule has 8 nitrogen and oxygen atoms in total. The Hall–Kier alpha value is -4.46. The smallest absolute Gasteiger partial charge is 0.337 e. The molecule has 1 aromatic heterocycles. The topological polar surface area (TPSA) is 112 Å². The zero-order valence-corrected chi connectivity index (χ0v) is 20.5. The van der Waals surface area contributed by atoms with E-state index in [1.54, 1.807) is 38.3 Å². The second kappa shape index (κ2) is 9.89. The molecule has 2 aliphatic rings. The van der Waals surface area contributed by atoms with Crippen molar-refractivity contribution in [2.24, 2.45) is 0 Å². The molecule has 0 fully saturated rings. The fourth-order valence-electron chi connectivity index (χ4n) is 5.17. The number of ether oxygens (including phenoxy) is 1. The molecule has 37 heavy (non-hydrogen) atoms. The van der Waals surface area contributed by atoms with Crippen LogP contribution >= 0.6 is 0 Å². The number of benzene rings is 2. The minimum atomic E-state index is -0.788. The van der Waals surface area contributed by atoms with Crippen LogP contribution in [0, 0.1) is 17.0 Å². The monoisotopic (exact) mass is 498 g/mol. The van der Waals surface area contributed by atoms with Crippen molar-refractivity contribution in [3.63, 3.8) is 0 Å². The van der Waals surface area contributed by atoms with Gasteiger partial charge in [0, 0.05) is 46.9 Å². The first-order chi connectivity index (χ1) is 17.8. The third-order valence-corrected chi connectivity index (χ3v) is 6.97. The molecule has 0 unspecified atom stereocenters. The number of allylic oxidation sites excluding steroid dienone is 3. The summed E-state index contributed by atoms with van der Waals surface area (Å²) in [5.74, 6) is -0.914. The molecule has 188 valence electrons. The Kier molecular flexibility index (Phi) is 6.48. The first kappa shape index (κ1) is 24.2. The minimum absolute atomic E-state index is 0.0652. The molecule has 0 bridgehead atoms. The van der Waals surface area contributed by atoms with Crippen LogP contribution in [0.25, 0.3) is 0 Å². The Labute approximate surface area is 213 Å². The number of rotatable bonds is 6. The summed E-state index contributed by atoms with van der Waals surface area (Å²) >= 11 is 0. The number of carbonyl (C=O) groups is 2. The number of nitrogens with zero attached hydrogens (tertiary/aromatic N) is 1. The van der Waals surface area contributed by atoms with E-state index in [1.165, 1.54) is 6.07 Å². The molecule has 8 heteroatoms. The predicted molar refractivity (Wildman–Crippen MR) is 135 cm³/mol. The van der Waals surface area contributed by atoms with Crippen LogP contribution < -0.4 is 5.32 Å². The van der Waals surface area contributed by atoms with Gasteiger partial charge >= 0.3 is 5.97 Å². The lowest BCUT2D eigenvalue weighted by atomic mass is 9.72. The van der Waals surface area contributed by atoms with Crippen LogP contribution in [0.15, 0.2) is 93.9 Å². The molecule has 0 radical (unpaired) electrons. The van der Waals surface area contributed by atoms with E-state index in [-0.39, 0.29) is 36.0 Å². The molecular formula is C29H26N2O6. The molecular weight excluding hydrogens is 472 g/mol. The molecule has 2 atom stereocenters. The van der Waals surface area contributed by atoms with Crippen molar-refractivity contribution in [1.82, 2.24) is 5.32 Å². The van der Waals surface area contributed by atoms with Gasteiger partial charge < -0.3 is 14.5 Å². The van der Waals surface area contributed by atoms with Crippen molar-refractivity contribution < 1.29 is 23.7 Å². The first-order valence-electron chi connectivity index (χ1n) is 12.1. The van der Waals surface area contributed by atoms with Gasteiger partial charge in [-0.3, -0.25) is 14.9 Å². The van der Waals surface area contributed by atoms with Gasteiger partial charge in [0.1, 0.15) is 12.4 Å². The second-order valence-corrected chi connectivity index (χ2v) is 9.40. The Morgan fingerprint density at radius 2 is 1.89 bits per heavy atom. The van der Waals surface area contributed by atoms with Crippen LogP contribution in [0.4, 0.5) is 5.69 Å². The van der Waals surface area contributed by atoms with Crippen molar-refractivity contribution >= 4 is 17.4 Å². The van der Waals surface area contributed by atoms with Gasteiger partial charge in [-0.2, -0.15) is 0 Å². The summed E-state index contributed by atoms with van der Waals surface area (Å²) in [6, 6.07) is 17.8. The third-order valence-electron chi connectivity index (χ3n) is 6.97. The van der Waals surface area contributed by atoms with Crippen LogP contribution in [0.5, 0.6) is 0 Å². The number of aryl methyl sites for hydroxylation is 1. The molecule has 0 spiro atoms. The van der Waals surface area contributed by atoms with E-state index in [9.17, 15) is 19.7 Å². The highest BCUT2D eigenvalue weighted by molar-refractivity contribution is 6.04. The molecule has 1 aliphatic heterocycles. The number of Topliss-reactive ketones (excluding diaryl/α,β-unsaturated/α-hetero) is 1. The normalized spacial score (nSPS) is 19.4. The van der Waals surface area contributed by atoms with Crippen LogP contribution in [0.1, 0.15) is 54.1 Å². The number of nitro benzene ring substituents is 1. The lowest BCUT2D eigenvalue weighted by Gasteiger charge is -2.36. The lowest BCUT2D eigenvalue weighted by molar-refractivity contribution is -0.385. The highest BCUT2D eigenvalue weighted by Crippen LogP contribution is 2.46. The molecule has 1 N–H and O–H groups in total. The first-order valence-corrected chi connectivity index (χ1v) is 12.1. The average molecular weight is 499 g/mol. The number of nitro groups is 1. The highest BCUT2D eigenvalue weighted by Gasteiger charge is 2.42. The quantitative estimate of drug-likeness (QED) is 0.267. The predicted octanol–water partition coefficient (Wildman–Crippen LogP) is 5.60. The van der Waals surface area contributed by atoms with Crippen molar-refractivity contribution in [1.29, 1.82) is 0 Å². The number of carbonyl (C=O) groups excluding carboxylic acids is 2. The van der Waals surface area contributed by atoms with Crippen LogP contribution in [0.3, 0.4) is 0 Å². The highest BCUT2D eigenvalue weighted by atomic mass is 16.6. The minimum Gasteiger partial charge on any atom is -0.469 e. The van der Waals surface area contributed by atoms with Gasteiger partial charge in [0.05, 0.1) is 16.8 Å². The van der Waals surface area contributed by atoms with Gasteiger partial charge in [-0.15, -0.1) is 0 Å². The van der Waals surface area contributed by atoms with E-state index in [2.05, 4.69) is 5.32 Å². The van der Waals surface area contributed by atoms with E-state index < -0.39 is 16.8 Å². The van der Waals surface area contributed by atoms with Gasteiger partial charge in [0.25, 0.3) is 5.69 Å². The van der Waals surface area contributed by atoms with Gasteiger partial charge in [-0.05, 0) is 43.5 Å². The Morgan fingerprint density at radius 1 is 1.11 bits per heavy atom. The van der Waals surface area contributed by atoms with Crippen LogP contribution in [-0.4, -0.2) is 16.7 Å². The maximum atomic E-state index is 13.6. The second-order valence-electron chi connectivity index (χ2n) is 9.40. The molecule has 1 aliphatic carbocycles. The zero-order valence-electron chi connectivity index (χ0n) is 20.5. The maximum absolute atomic E-state index is 13.6. The van der Waals surface area contributed by atoms with E-state index in [0.717, 1.165) is 11.3 Å². The summed E-state index contributed by atoms with van der Waals surface area (Å²) in [7, 11) is 0. The van der Waals surface area contributed by atoms with E-state index in [1.807, 2.05) is 36.4 Å². The molecule has 2 aromatic carbocycles. The summed E-state index contributed by atoms with van der Waals surface area (Å²) in [5.41, 5.74) is 3.73. The number of dihydropyridines is 1. The molecule has 0 amide bonds. The third kappa shape index (κ3) is 4.70. The largest absolute Gasteiger partial charge is 0.469 e. The number of nitrogens with one attached hydrogen (secondary N) is 1. The Bertz CT molecular complexity index is 1440. The van der Waals surface area contributed by atoms with Crippen molar-refractivity contribution in [3.8, 4) is 0 Å². The summed E-state index contributed by atoms with van der Waals surface area (Å²) in [6.45, 7) is 3.49. The molecule has 2 heterocycles. The van der Waals surface area contributed by atoms with Crippen molar-refractivity contribution in [2.45, 2.75) is 45.1 Å². The average Bonchev–Trinajstić information content (AvgIpc) is 3.42. The summed E-state index contributed by atoms with van der Waals surface area (Å²) in [5, 5.41) is 15.0. The van der Waals surface area contributed by atoms with Crippen LogP contribution in [-0.2, 0) is 20.9 Å². The number of esters is 1. The van der Waals surface area contributed by atoms with Gasteiger partial charge in [-0.25, -0.2) is 4.79 Å². The van der Waals surface area contributed by atoms with Gasteiger partial charge in [-0.1, -0.05) is 42.5 Å². The molecule has 3 aromatic rings. The lowest BCUT2D eigenvalue weighted by Crippen LogP contribution is -2.36. The van der Waals surface area contributed by atoms with Gasteiger partial charge in [0.2, 0.25) is 0 Å². The van der Waals surface area contributed by atoms with Gasteiger partial charge in [0.15, 0.2) is 5.78 Å². The summed E-state index contributed by atoms with van der Waals surface area (Å²) < 4.78 is 11.2. The fraction of sp³-hybridized carbons (Fsp3) is 0.241.